The van der Waals surface area contributed by atoms with Crippen LogP contribution < -0.4 is 43.5 Å². The Morgan fingerprint density at radius 2 is 1.29 bits per heavy atom. The van der Waals surface area contributed by atoms with Gasteiger partial charge in [0.05, 0.1) is 0 Å². The Balaban J connectivity index is 0.00000280. The van der Waals surface area contributed by atoms with Crippen LogP contribution in [0.5, 0.6) is 11.5 Å². The van der Waals surface area contributed by atoms with Crippen LogP contribution in [0.3, 0.4) is 0 Å². The molecule has 3 rings (SSSR count). The standard InChI is InChI=1S/C21H19O5P.Na/c22-21(18-7-3-1-4-8-18)16-13-17-11-14-20(15-12-17)26-27(23,24)25-19-9-5-2-6-10-19;/h1-12,14-15H,13,16H2,(H,23,24);/q;+1/p-1. The zero-order chi connectivity index (χ0) is 19.1. The molecule has 1 unspecified atom stereocenters. The quantitative estimate of drug-likeness (QED) is 0.323. The zero-order valence-corrected chi connectivity index (χ0v) is 18.4. The van der Waals surface area contributed by atoms with Gasteiger partial charge in [-0.25, -0.2) is 4.57 Å². The monoisotopic (exact) mass is 404 g/mol. The van der Waals surface area contributed by atoms with Crippen molar-refractivity contribution in [2.45, 2.75) is 12.8 Å². The number of carbonyl (C=O) groups excluding carboxylic acids is 1. The molecular weight excluding hydrogens is 386 g/mol. The minimum atomic E-state index is -4.53. The van der Waals surface area contributed by atoms with Gasteiger partial charge in [0.25, 0.3) is 0 Å². The van der Waals surface area contributed by atoms with Gasteiger partial charge in [0, 0.05) is 12.0 Å². The minimum absolute atomic E-state index is 0. The Labute approximate surface area is 186 Å². The van der Waals surface area contributed by atoms with Crippen molar-refractivity contribution in [3.05, 3.63) is 96.1 Å². The molecule has 28 heavy (non-hydrogen) atoms. The molecule has 0 spiro atoms. The van der Waals surface area contributed by atoms with E-state index in [4.69, 9.17) is 9.05 Å². The summed E-state index contributed by atoms with van der Waals surface area (Å²) in [7, 11) is -4.53. The fourth-order valence-corrected chi connectivity index (χ4v) is 3.30. The smallest absolute Gasteiger partial charge is 0.736 e. The largest absolute Gasteiger partial charge is 1.00 e. The van der Waals surface area contributed by atoms with Crippen LogP contribution in [0.25, 0.3) is 0 Å². The summed E-state index contributed by atoms with van der Waals surface area (Å²) in [5.41, 5.74) is 1.60. The summed E-state index contributed by atoms with van der Waals surface area (Å²) in [6, 6.07) is 23.8. The molecule has 0 heterocycles. The molecule has 7 heteroatoms. The Hall–Kier alpha value is -1.88. The second-order valence-electron chi connectivity index (χ2n) is 5.88. The van der Waals surface area contributed by atoms with Crippen LogP contribution in [0.4, 0.5) is 0 Å². The number of para-hydroxylation sites is 1. The summed E-state index contributed by atoms with van der Waals surface area (Å²) in [5.74, 6) is 0.408. The molecule has 0 bridgehead atoms. The van der Waals surface area contributed by atoms with Gasteiger partial charge < -0.3 is 13.9 Å². The third-order valence-corrected chi connectivity index (χ3v) is 4.71. The summed E-state index contributed by atoms with van der Waals surface area (Å²) in [5, 5.41) is 0. The molecule has 0 aliphatic carbocycles. The first-order valence-corrected chi connectivity index (χ1v) is 9.90. The SMILES string of the molecule is O=C(CCc1ccc(OP(=O)([O-])Oc2ccccc2)cc1)c1ccccc1.[Na+]. The van der Waals surface area contributed by atoms with Crippen LogP contribution in [0, 0.1) is 0 Å². The maximum absolute atomic E-state index is 12.1. The molecule has 0 aromatic heterocycles. The summed E-state index contributed by atoms with van der Waals surface area (Å²) >= 11 is 0. The second kappa shape index (κ2) is 10.6. The van der Waals surface area contributed by atoms with Crippen molar-refractivity contribution in [3.8, 4) is 11.5 Å². The first-order chi connectivity index (χ1) is 13.0. The van der Waals surface area contributed by atoms with Crippen molar-refractivity contribution in [1.82, 2.24) is 0 Å². The van der Waals surface area contributed by atoms with Gasteiger partial charge >= 0.3 is 37.4 Å². The fraction of sp³-hybridized carbons (Fsp3) is 0.0952. The van der Waals surface area contributed by atoms with E-state index in [-0.39, 0.29) is 46.8 Å². The van der Waals surface area contributed by atoms with Crippen molar-refractivity contribution < 1.29 is 52.9 Å². The average Bonchev–Trinajstić information content (AvgIpc) is 2.68. The van der Waals surface area contributed by atoms with E-state index in [1.165, 1.54) is 12.1 Å². The van der Waals surface area contributed by atoms with E-state index >= 15 is 0 Å². The maximum atomic E-state index is 12.1. The average molecular weight is 404 g/mol. The number of carbonyl (C=O) groups is 1. The van der Waals surface area contributed by atoms with Gasteiger partial charge in [-0.2, -0.15) is 0 Å². The van der Waals surface area contributed by atoms with Gasteiger partial charge in [-0.1, -0.05) is 60.7 Å². The number of hydrogen-bond donors (Lipinski definition) is 0. The van der Waals surface area contributed by atoms with E-state index < -0.39 is 7.82 Å². The number of rotatable bonds is 8. The van der Waals surface area contributed by atoms with Crippen molar-refractivity contribution in [2.24, 2.45) is 0 Å². The number of aryl methyl sites for hydroxylation is 1. The molecule has 3 aromatic rings. The van der Waals surface area contributed by atoms with E-state index in [2.05, 4.69) is 0 Å². The number of phosphoric acid groups is 1. The Morgan fingerprint density at radius 1 is 0.786 bits per heavy atom. The molecule has 1 atom stereocenters. The summed E-state index contributed by atoms with van der Waals surface area (Å²) in [6.07, 6.45) is 0.935. The molecule has 138 valence electrons. The van der Waals surface area contributed by atoms with E-state index in [9.17, 15) is 14.3 Å². The predicted molar refractivity (Wildman–Crippen MR) is 101 cm³/mol. The van der Waals surface area contributed by atoms with E-state index in [0.29, 0.717) is 18.4 Å². The summed E-state index contributed by atoms with van der Waals surface area (Å²) in [4.78, 5) is 24.1. The van der Waals surface area contributed by atoms with Crippen LogP contribution in [-0.4, -0.2) is 5.78 Å². The molecule has 3 aromatic carbocycles. The van der Waals surface area contributed by atoms with Gasteiger partial charge in [0.1, 0.15) is 11.5 Å². The molecule has 0 N–H and O–H groups in total. The summed E-state index contributed by atoms with van der Waals surface area (Å²) < 4.78 is 21.8. The molecule has 0 radical (unpaired) electrons. The maximum Gasteiger partial charge on any atom is 1.00 e. The Bertz CT molecular complexity index is 930. The normalized spacial score (nSPS) is 12.3. The molecule has 5 nitrogen and oxygen atoms in total. The van der Waals surface area contributed by atoms with Crippen molar-refractivity contribution in [3.63, 3.8) is 0 Å². The van der Waals surface area contributed by atoms with Crippen LogP contribution in [0.1, 0.15) is 22.3 Å². The first kappa shape index (κ1) is 22.4. The third kappa shape index (κ3) is 6.93. The van der Waals surface area contributed by atoms with Gasteiger partial charge in [0.2, 0.25) is 0 Å². The zero-order valence-electron chi connectivity index (χ0n) is 15.5. The van der Waals surface area contributed by atoms with Gasteiger partial charge in [0.15, 0.2) is 5.78 Å². The predicted octanol–water partition coefficient (Wildman–Crippen LogP) is 1.43. The molecule has 0 saturated heterocycles. The van der Waals surface area contributed by atoms with Crippen LogP contribution in [0.15, 0.2) is 84.9 Å². The van der Waals surface area contributed by atoms with Gasteiger partial charge in [-0.3, -0.25) is 4.79 Å². The molecule has 0 fully saturated rings. The number of benzene rings is 3. The van der Waals surface area contributed by atoms with Crippen molar-refractivity contribution >= 4 is 13.6 Å². The Morgan fingerprint density at radius 3 is 1.86 bits per heavy atom. The van der Waals surface area contributed by atoms with E-state index in [1.807, 2.05) is 18.2 Å². The third-order valence-electron chi connectivity index (χ3n) is 3.84. The second-order valence-corrected chi connectivity index (χ2v) is 7.14. The summed E-state index contributed by atoms with van der Waals surface area (Å²) in [6.45, 7) is 0. The molecule has 0 aliphatic rings. The molecular formula is C21H18NaO5P. The van der Waals surface area contributed by atoms with Gasteiger partial charge in [-0.15, -0.1) is 0 Å². The number of phosphoric ester groups is 1. The fourth-order valence-electron chi connectivity index (χ4n) is 2.50. The van der Waals surface area contributed by atoms with Crippen LogP contribution >= 0.6 is 7.82 Å². The van der Waals surface area contributed by atoms with E-state index in [0.717, 1.165) is 5.56 Å². The molecule has 0 saturated carbocycles. The number of ketones is 1. The number of hydrogen-bond acceptors (Lipinski definition) is 5. The van der Waals surface area contributed by atoms with Crippen LogP contribution in [0.2, 0.25) is 0 Å². The molecule has 0 amide bonds. The van der Waals surface area contributed by atoms with Crippen molar-refractivity contribution in [2.75, 3.05) is 0 Å². The molecule has 0 aliphatic heterocycles. The topological polar surface area (TPSA) is 75.7 Å². The van der Waals surface area contributed by atoms with Crippen LogP contribution in [-0.2, 0) is 11.0 Å². The Kier molecular flexibility index (Phi) is 8.49. The van der Waals surface area contributed by atoms with E-state index in [1.54, 1.807) is 54.6 Å². The van der Waals surface area contributed by atoms with Gasteiger partial charge in [-0.05, 0) is 36.2 Å². The first-order valence-electron chi connectivity index (χ1n) is 8.44. The van der Waals surface area contributed by atoms with Crippen molar-refractivity contribution in [1.29, 1.82) is 0 Å². The number of Topliss-reactive ketones (excluding diaryl/α,β-unsaturated/α-hetero) is 1. The minimum Gasteiger partial charge on any atom is -0.736 e.